The minimum absolute atomic E-state index is 0.773. The van der Waals surface area contributed by atoms with Crippen molar-refractivity contribution in [1.82, 2.24) is 0 Å². The summed E-state index contributed by atoms with van der Waals surface area (Å²) >= 11 is 0. The van der Waals surface area contributed by atoms with Crippen molar-refractivity contribution in [1.29, 1.82) is 0 Å². The van der Waals surface area contributed by atoms with E-state index < -0.39 is 0 Å². The number of hydrogen-bond acceptors (Lipinski definition) is 3. The molecule has 1 aliphatic heterocycles. The van der Waals surface area contributed by atoms with Crippen LogP contribution in [0.25, 0.3) is 0 Å². The molecule has 0 N–H and O–H groups in total. The van der Waals surface area contributed by atoms with Gasteiger partial charge >= 0.3 is 0 Å². The Hall–Kier alpha value is -1.77. The van der Waals surface area contributed by atoms with Gasteiger partial charge in [-0.1, -0.05) is 25.1 Å². The maximum Gasteiger partial charge on any atom is 0.154 e. The molecular formula is C12H13N3. The second-order valence-electron chi connectivity index (χ2n) is 3.35. The van der Waals surface area contributed by atoms with Gasteiger partial charge in [0.25, 0.3) is 0 Å². The summed E-state index contributed by atoms with van der Waals surface area (Å²) in [6.45, 7) is 2.13. The van der Waals surface area contributed by atoms with Gasteiger partial charge in [-0.05, 0) is 24.1 Å². The summed E-state index contributed by atoms with van der Waals surface area (Å²) < 4.78 is 0. The van der Waals surface area contributed by atoms with Crippen molar-refractivity contribution in [2.24, 2.45) is 15.2 Å². The molecule has 3 heteroatoms. The fourth-order valence-corrected chi connectivity index (χ4v) is 1.33. The smallest absolute Gasteiger partial charge is 0.154 e. The first-order chi connectivity index (χ1) is 7.38. The molecule has 1 heterocycles. The Bertz CT molecular complexity index is 413. The Morgan fingerprint density at radius 2 is 2.00 bits per heavy atom. The zero-order valence-electron chi connectivity index (χ0n) is 8.72. The maximum absolute atomic E-state index is 4.12. The highest BCUT2D eigenvalue weighted by Gasteiger charge is 1.98. The lowest BCUT2D eigenvalue weighted by atomic mass is 10.2. The van der Waals surface area contributed by atoms with Gasteiger partial charge in [-0.2, -0.15) is 0 Å². The number of azo groups is 1. The first-order valence-electron chi connectivity index (χ1n) is 5.11. The standard InChI is InChI=1S/C12H13N3/c1-2-10-5-7-11(8-6-10)14-15-12-4-3-9-13-12/h3,5-9H,2,4H2,1H3. The van der Waals surface area contributed by atoms with Gasteiger partial charge in [0, 0.05) is 12.6 Å². The van der Waals surface area contributed by atoms with Crippen LogP contribution in [-0.2, 0) is 6.42 Å². The van der Waals surface area contributed by atoms with Crippen molar-refractivity contribution in [2.75, 3.05) is 0 Å². The van der Waals surface area contributed by atoms with Crippen LogP contribution in [-0.4, -0.2) is 5.84 Å². The molecule has 0 radical (unpaired) electrons. The van der Waals surface area contributed by atoms with E-state index in [1.165, 1.54) is 5.56 Å². The van der Waals surface area contributed by atoms with E-state index in [1.54, 1.807) is 6.20 Å². The SMILES string of the molecule is CCc1ccc(N=NC2=NC=CC2)cc1. The van der Waals surface area contributed by atoms with E-state index >= 15 is 0 Å². The van der Waals surface area contributed by atoms with E-state index in [2.05, 4.69) is 34.3 Å². The molecule has 3 nitrogen and oxygen atoms in total. The van der Waals surface area contributed by atoms with Crippen LogP contribution < -0.4 is 0 Å². The third-order valence-electron chi connectivity index (χ3n) is 2.25. The number of amidine groups is 1. The number of nitrogens with zero attached hydrogens (tertiary/aromatic N) is 3. The van der Waals surface area contributed by atoms with Gasteiger partial charge in [-0.25, -0.2) is 4.99 Å². The fraction of sp³-hybridized carbons (Fsp3) is 0.250. The van der Waals surface area contributed by atoms with Crippen molar-refractivity contribution in [3.8, 4) is 0 Å². The van der Waals surface area contributed by atoms with E-state index in [1.807, 2.05) is 18.2 Å². The van der Waals surface area contributed by atoms with Crippen molar-refractivity contribution in [3.05, 3.63) is 42.1 Å². The Morgan fingerprint density at radius 3 is 2.60 bits per heavy atom. The van der Waals surface area contributed by atoms with E-state index in [0.717, 1.165) is 24.4 Å². The summed E-state index contributed by atoms with van der Waals surface area (Å²) in [5.41, 5.74) is 2.19. The molecule has 0 amide bonds. The summed E-state index contributed by atoms with van der Waals surface area (Å²) in [7, 11) is 0. The molecule has 1 aromatic carbocycles. The lowest BCUT2D eigenvalue weighted by molar-refractivity contribution is 1.13. The molecule has 0 unspecified atom stereocenters. The lowest BCUT2D eigenvalue weighted by Crippen LogP contribution is -1.84. The summed E-state index contributed by atoms with van der Waals surface area (Å²) in [5, 5.41) is 8.18. The molecule has 2 rings (SSSR count). The second kappa shape index (κ2) is 4.64. The number of aliphatic imine (C=N–C) groups is 1. The minimum Gasteiger partial charge on any atom is -0.239 e. The predicted molar refractivity (Wildman–Crippen MR) is 61.5 cm³/mol. The number of rotatable bonds is 2. The number of benzene rings is 1. The molecule has 15 heavy (non-hydrogen) atoms. The molecule has 0 saturated carbocycles. The van der Waals surface area contributed by atoms with Crippen LogP contribution in [0.1, 0.15) is 18.9 Å². The molecule has 0 aliphatic carbocycles. The normalized spacial score (nSPS) is 14.9. The van der Waals surface area contributed by atoms with Gasteiger partial charge in [0.15, 0.2) is 5.84 Å². The predicted octanol–water partition coefficient (Wildman–Crippen LogP) is 3.65. The molecule has 0 atom stereocenters. The Balaban J connectivity index is 2.04. The monoisotopic (exact) mass is 199 g/mol. The van der Waals surface area contributed by atoms with Gasteiger partial charge in [0.05, 0.1) is 5.69 Å². The zero-order chi connectivity index (χ0) is 10.5. The van der Waals surface area contributed by atoms with E-state index in [-0.39, 0.29) is 0 Å². The molecule has 76 valence electrons. The third kappa shape index (κ3) is 2.59. The Labute approximate surface area is 89.3 Å². The Kier molecular flexibility index (Phi) is 3.02. The van der Waals surface area contributed by atoms with Crippen LogP contribution in [0.3, 0.4) is 0 Å². The molecule has 0 aromatic heterocycles. The summed E-state index contributed by atoms with van der Waals surface area (Å²) in [5.74, 6) is 0.773. The van der Waals surface area contributed by atoms with Gasteiger partial charge in [0.2, 0.25) is 0 Å². The topological polar surface area (TPSA) is 37.1 Å². The largest absolute Gasteiger partial charge is 0.239 e. The highest BCUT2D eigenvalue weighted by molar-refractivity contribution is 5.86. The summed E-state index contributed by atoms with van der Waals surface area (Å²) in [4.78, 5) is 4.06. The van der Waals surface area contributed by atoms with Gasteiger partial charge in [-0.15, -0.1) is 10.2 Å². The third-order valence-corrected chi connectivity index (χ3v) is 2.25. The van der Waals surface area contributed by atoms with Crippen LogP contribution >= 0.6 is 0 Å². The van der Waals surface area contributed by atoms with Crippen LogP contribution in [0.4, 0.5) is 5.69 Å². The van der Waals surface area contributed by atoms with Crippen molar-refractivity contribution in [3.63, 3.8) is 0 Å². The first kappa shape index (κ1) is 9.77. The van der Waals surface area contributed by atoms with Gasteiger partial charge in [0.1, 0.15) is 0 Å². The Morgan fingerprint density at radius 1 is 1.20 bits per heavy atom. The van der Waals surface area contributed by atoms with Crippen molar-refractivity contribution in [2.45, 2.75) is 19.8 Å². The van der Waals surface area contributed by atoms with Gasteiger partial charge < -0.3 is 0 Å². The van der Waals surface area contributed by atoms with Crippen molar-refractivity contribution < 1.29 is 0 Å². The quantitative estimate of drug-likeness (QED) is 0.652. The molecule has 0 spiro atoms. The van der Waals surface area contributed by atoms with Gasteiger partial charge in [-0.3, -0.25) is 0 Å². The molecule has 1 aliphatic rings. The van der Waals surface area contributed by atoms with E-state index in [9.17, 15) is 0 Å². The molecule has 1 aromatic rings. The maximum atomic E-state index is 4.12. The number of aryl methyl sites for hydroxylation is 1. The molecule has 0 fully saturated rings. The summed E-state index contributed by atoms with van der Waals surface area (Å²) in [6, 6.07) is 8.10. The molecular weight excluding hydrogens is 186 g/mol. The highest BCUT2D eigenvalue weighted by atomic mass is 15.1. The van der Waals surface area contributed by atoms with E-state index in [0.29, 0.717) is 0 Å². The highest BCUT2D eigenvalue weighted by Crippen LogP contribution is 2.14. The second-order valence-corrected chi connectivity index (χ2v) is 3.35. The fourth-order valence-electron chi connectivity index (χ4n) is 1.33. The average molecular weight is 199 g/mol. The van der Waals surface area contributed by atoms with Crippen molar-refractivity contribution >= 4 is 11.5 Å². The summed E-state index contributed by atoms with van der Waals surface area (Å²) in [6.07, 6.45) is 5.56. The van der Waals surface area contributed by atoms with Crippen LogP contribution in [0.15, 0.2) is 51.8 Å². The lowest BCUT2D eigenvalue weighted by Gasteiger charge is -1.95. The molecule has 0 saturated heterocycles. The van der Waals surface area contributed by atoms with Crippen LogP contribution in [0.5, 0.6) is 0 Å². The zero-order valence-corrected chi connectivity index (χ0v) is 8.72. The molecule has 0 bridgehead atoms. The minimum atomic E-state index is 0.773. The average Bonchev–Trinajstić information content (AvgIpc) is 2.80. The number of hydrogen-bond donors (Lipinski definition) is 0. The van der Waals surface area contributed by atoms with E-state index in [4.69, 9.17) is 0 Å². The van der Waals surface area contributed by atoms with Crippen LogP contribution in [0.2, 0.25) is 0 Å². The first-order valence-corrected chi connectivity index (χ1v) is 5.11. The van der Waals surface area contributed by atoms with Crippen LogP contribution in [0, 0.1) is 0 Å².